The summed E-state index contributed by atoms with van der Waals surface area (Å²) in [5.74, 6) is -0.406. The van der Waals surface area contributed by atoms with Gasteiger partial charge in [0.2, 0.25) is 11.8 Å². The van der Waals surface area contributed by atoms with Gasteiger partial charge in [0.15, 0.2) is 0 Å². The summed E-state index contributed by atoms with van der Waals surface area (Å²) in [4.78, 5) is 34.6. The van der Waals surface area contributed by atoms with Crippen molar-refractivity contribution in [3.8, 4) is 0 Å². The van der Waals surface area contributed by atoms with Crippen LogP contribution in [0.2, 0.25) is 0 Å². The van der Waals surface area contributed by atoms with E-state index in [-0.39, 0.29) is 31.5 Å². The number of nitrogens with two attached hydrogens (primary N) is 1. The molecule has 0 saturated heterocycles. The lowest BCUT2D eigenvalue weighted by Gasteiger charge is -2.22. The molecule has 0 radical (unpaired) electrons. The molecule has 0 aromatic heterocycles. The van der Waals surface area contributed by atoms with Crippen LogP contribution in [0.5, 0.6) is 0 Å². The predicted octanol–water partition coefficient (Wildman–Crippen LogP) is 3.12. The fraction of sp³-hybridized carbons (Fsp3) is 0.462. The summed E-state index contributed by atoms with van der Waals surface area (Å²) in [5, 5.41) is 5.45. The SMILES string of the molecule is NCCCOP(=O)(O)OC(CNC(=O)CCCc1ccccc1)CNC(=O)CCCc1ccccc1. The van der Waals surface area contributed by atoms with Crippen molar-refractivity contribution >= 4 is 19.6 Å². The van der Waals surface area contributed by atoms with Crippen LogP contribution in [0.3, 0.4) is 0 Å². The topological polar surface area (TPSA) is 140 Å². The molecule has 36 heavy (non-hydrogen) atoms. The molecule has 2 rings (SSSR count). The molecule has 0 spiro atoms. The summed E-state index contributed by atoms with van der Waals surface area (Å²) in [7, 11) is -4.38. The second kappa shape index (κ2) is 17.0. The number of amides is 2. The fourth-order valence-corrected chi connectivity index (χ4v) is 4.40. The second-order valence-corrected chi connectivity index (χ2v) is 9.86. The molecule has 2 amide bonds. The summed E-state index contributed by atoms with van der Waals surface area (Å²) in [6.45, 7) is 0.189. The molecule has 0 bridgehead atoms. The second-order valence-electron chi connectivity index (χ2n) is 8.46. The number of rotatable bonds is 18. The van der Waals surface area contributed by atoms with E-state index in [2.05, 4.69) is 10.6 Å². The maximum atomic E-state index is 12.3. The lowest BCUT2D eigenvalue weighted by atomic mass is 10.1. The third-order valence-corrected chi connectivity index (χ3v) is 6.44. The molecule has 1 atom stereocenters. The van der Waals surface area contributed by atoms with Gasteiger partial charge in [-0.1, -0.05) is 60.7 Å². The van der Waals surface area contributed by atoms with Gasteiger partial charge >= 0.3 is 7.82 Å². The van der Waals surface area contributed by atoms with Gasteiger partial charge in [0.1, 0.15) is 6.10 Å². The first kappa shape index (κ1) is 29.7. The van der Waals surface area contributed by atoms with Gasteiger partial charge in [0.05, 0.1) is 6.61 Å². The zero-order valence-corrected chi connectivity index (χ0v) is 21.5. The molecule has 0 fully saturated rings. The largest absolute Gasteiger partial charge is 0.472 e. The highest BCUT2D eigenvalue weighted by Crippen LogP contribution is 2.44. The van der Waals surface area contributed by atoms with Crippen LogP contribution in [-0.4, -0.2) is 49.1 Å². The number of phosphoric acid groups is 1. The van der Waals surface area contributed by atoms with Crippen molar-refractivity contribution in [1.29, 1.82) is 0 Å². The smallest absolute Gasteiger partial charge is 0.353 e. The molecule has 198 valence electrons. The Bertz CT molecular complexity index is 884. The van der Waals surface area contributed by atoms with Crippen LogP contribution in [0, 0.1) is 0 Å². The highest BCUT2D eigenvalue weighted by Gasteiger charge is 2.27. The van der Waals surface area contributed by atoms with E-state index in [0.717, 1.165) is 24.0 Å². The minimum absolute atomic E-state index is 0.0330. The van der Waals surface area contributed by atoms with Crippen molar-refractivity contribution in [2.45, 2.75) is 51.0 Å². The lowest BCUT2D eigenvalue weighted by Crippen LogP contribution is -2.41. The van der Waals surface area contributed by atoms with Crippen LogP contribution in [0.15, 0.2) is 60.7 Å². The van der Waals surface area contributed by atoms with Crippen molar-refractivity contribution in [3.63, 3.8) is 0 Å². The third-order valence-electron chi connectivity index (χ3n) is 5.36. The fourth-order valence-electron chi connectivity index (χ4n) is 3.46. The standard InChI is InChI=1S/C26H38N3O6P/c27-18-9-19-34-36(32,33)35-24(20-28-25(30)16-7-14-22-10-3-1-4-11-22)21-29-26(31)17-8-15-23-12-5-2-6-13-23/h1-6,10-13,24H,7-9,14-21,27H2,(H,28,30)(H,29,31)(H,32,33). The highest BCUT2D eigenvalue weighted by molar-refractivity contribution is 7.47. The Kier molecular flexibility index (Phi) is 14.0. The Morgan fingerprint density at radius 2 is 1.31 bits per heavy atom. The molecule has 2 aromatic carbocycles. The number of aryl methyl sites for hydroxylation is 2. The van der Waals surface area contributed by atoms with Crippen molar-refractivity contribution in [3.05, 3.63) is 71.8 Å². The minimum atomic E-state index is -4.38. The Morgan fingerprint density at radius 3 is 1.75 bits per heavy atom. The van der Waals surface area contributed by atoms with E-state index in [9.17, 15) is 19.0 Å². The van der Waals surface area contributed by atoms with Crippen molar-refractivity contribution in [1.82, 2.24) is 10.6 Å². The molecule has 1 unspecified atom stereocenters. The van der Waals surface area contributed by atoms with Gasteiger partial charge < -0.3 is 21.3 Å². The summed E-state index contributed by atoms with van der Waals surface area (Å²) in [5.41, 5.74) is 7.69. The van der Waals surface area contributed by atoms with Crippen molar-refractivity contribution in [2.75, 3.05) is 26.2 Å². The van der Waals surface area contributed by atoms with Gasteiger partial charge in [-0.15, -0.1) is 0 Å². The third kappa shape index (κ3) is 13.5. The summed E-state index contributed by atoms with van der Waals surface area (Å²) in [6.07, 6.45) is 2.95. The number of hydrogen-bond acceptors (Lipinski definition) is 6. The first-order valence-corrected chi connectivity index (χ1v) is 13.8. The van der Waals surface area contributed by atoms with E-state index >= 15 is 0 Å². The highest BCUT2D eigenvalue weighted by atomic mass is 31.2. The summed E-state index contributed by atoms with van der Waals surface area (Å²) < 4.78 is 22.5. The molecular weight excluding hydrogens is 481 g/mol. The molecule has 0 heterocycles. The van der Waals surface area contributed by atoms with Crippen LogP contribution in [0.25, 0.3) is 0 Å². The van der Waals surface area contributed by atoms with Crippen molar-refractivity contribution in [2.24, 2.45) is 5.73 Å². The molecule has 5 N–H and O–H groups in total. The number of carbonyl (C=O) groups is 2. The minimum Gasteiger partial charge on any atom is -0.353 e. The molecule has 0 aliphatic carbocycles. The van der Waals surface area contributed by atoms with Gasteiger partial charge in [0, 0.05) is 25.9 Å². The van der Waals surface area contributed by atoms with Gasteiger partial charge in [-0.3, -0.25) is 18.6 Å². The zero-order valence-electron chi connectivity index (χ0n) is 20.6. The molecule has 2 aromatic rings. The molecule has 0 saturated carbocycles. The Labute approximate surface area is 213 Å². The normalized spacial score (nSPS) is 12.8. The number of phosphoric ester groups is 1. The monoisotopic (exact) mass is 519 g/mol. The Balaban J connectivity index is 1.79. The van der Waals surface area contributed by atoms with Gasteiger partial charge in [-0.05, 0) is 49.8 Å². The van der Waals surface area contributed by atoms with Gasteiger partial charge in [-0.2, -0.15) is 0 Å². The molecule has 10 heteroatoms. The lowest BCUT2D eigenvalue weighted by molar-refractivity contribution is -0.121. The van der Waals surface area contributed by atoms with E-state index in [1.165, 1.54) is 0 Å². The summed E-state index contributed by atoms with van der Waals surface area (Å²) >= 11 is 0. The maximum Gasteiger partial charge on any atom is 0.472 e. The first-order valence-electron chi connectivity index (χ1n) is 12.3. The first-order chi connectivity index (χ1) is 17.4. The maximum absolute atomic E-state index is 12.3. The Morgan fingerprint density at radius 1 is 0.833 bits per heavy atom. The van der Waals surface area contributed by atoms with E-state index < -0.39 is 13.9 Å². The van der Waals surface area contributed by atoms with Gasteiger partial charge in [-0.25, -0.2) is 4.57 Å². The van der Waals surface area contributed by atoms with Crippen molar-refractivity contribution < 1.29 is 28.1 Å². The van der Waals surface area contributed by atoms with Crippen LogP contribution in [0.1, 0.15) is 43.2 Å². The van der Waals surface area contributed by atoms with Crippen LogP contribution >= 0.6 is 7.82 Å². The molecular formula is C26H38N3O6P. The number of benzene rings is 2. The van der Waals surface area contributed by atoms with Crippen LogP contribution in [0.4, 0.5) is 0 Å². The zero-order chi connectivity index (χ0) is 26.1. The van der Waals surface area contributed by atoms with Gasteiger partial charge in [0.25, 0.3) is 0 Å². The molecule has 0 aliphatic heterocycles. The average molecular weight is 520 g/mol. The van der Waals surface area contributed by atoms with E-state index in [1.807, 2.05) is 60.7 Å². The number of nitrogens with one attached hydrogen (secondary N) is 2. The Hall–Kier alpha value is -2.55. The van der Waals surface area contributed by atoms with E-state index in [0.29, 0.717) is 38.6 Å². The molecule has 9 nitrogen and oxygen atoms in total. The predicted molar refractivity (Wildman–Crippen MR) is 139 cm³/mol. The van der Waals surface area contributed by atoms with E-state index in [1.54, 1.807) is 0 Å². The van der Waals surface area contributed by atoms with Crippen LogP contribution < -0.4 is 16.4 Å². The quantitative estimate of drug-likeness (QED) is 0.175. The summed E-state index contributed by atoms with van der Waals surface area (Å²) in [6, 6.07) is 19.7. The van der Waals surface area contributed by atoms with Crippen LogP contribution in [-0.2, 0) is 36.0 Å². The molecule has 0 aliphatic rings. The number of carbonyl (C=O) groups excluding carboxylic acids is 2. The average Bonchev–Trinajstić information content (AvgIpc) is 2.87. The van der Waals surface area contributed by atoms with E-state index in [4.69, 9.17) is 14.8 Å². The number of hydrogen-bond donors (Lipinski definition) is 4.